The van der Waals surface area contributed by atoms with E-state index in [-0.39, 0.29) is 17.0 Å². The Hall–Kier alpha value is -1.90. The highest BCUT2D eigenvalue weighted by Crippen LogP contribution is 2.26. The van der Waals surface area contributed by atoms with E-state index in [9.17, 15) is 13.2 Å². The molecule has 0 aromatic heterocycles. The monoisotopic (exact) mass is 307 g/mol. The van der Waals surface area contributed by atoms with E-state index in [1.54, 1.807) is 12.1 Å². The lowest BCUT2D eigenvalue weighted by Crippen LogP contribution is -1.94. The molecule has 0 saturated heterocycles. The van der Waals surface area contributed by atoms with Crippen molar-refractivity contribution in [2.45, 2.75) is 10.6 Å². The third kappa shape index (κ3) is 4.28. The number of thioether (sulfide) groups is 1. The van der Waals surface area contributed by atoms with Gasteiger partial charge >= 0.3 is 0 Å². The number of rotatable bonds is 3. The van der Waals surface area contributed by atoms with Crippen LogP contribution in [-0.2, 0) is 5.75 Å². The summed E-state index contributed by atoms with van der Waals surface area (Å²) >= 11 is 1.14. The molecule has 0 fully saturated rings. The molecule has 2 N–H and O–H groups in total. The second-order valence-electron chi connectivity index (χ2n) is 4.18. The van der Waals surface area contributed by atoms with Crippen LogP contribution in [0.2, 0.25) is 0 Å². The summed E-state index contributed by atoms with van der Waals surface area (Å²) in [5.74, 6) is 4.21. The van der Waals surface area contributed by atoms with Crippen molar-refractivity contribution in [3.8, 4) is 11.8 Å². The molecule has 0 spiro atoms. The van der Waals surface area contributed by atoms with Gasteiger partial charge in [0.05, 0.1) is 12.1 Å². The molecule has 0 aliphatic carbocycles. The summed E-state index contributed by atoms with van der Waals surface area (Å²) < 4.78 is 40.1. The van der Waals surface area contributed by atoms with Crippen molar-refractivity contribution >= 4 is 11.8 Å². The van der Waals surface area contributed by atoms with E-state index in [1.807, 2.05) is 0 Å². The molecule has 0 bridgehead atoms. The van der Waals surface area contributed by atoms with Crippen molar-refractivity contribution in [2.75, 3.05) is 6.54 Å². The third-order valence-electron chi connectivity index (χ3n) is 2.64. The fraction of sp³-hybridized carbons (Fsp3) is 0.125. The number of halogens is 3. The number of hydrogen-bond donors (Lipinski definition) is 1. The lowest BCUT2D eigenvalue weighted by Gasteiger charge is -2.05. The van der Waals surface area contributed by atoms with Gasteiger partial charge in [0, 0.05) is 10.6 Å². The van der Waals surface area contributed by atoms with Crippen LogP contribution in [0.15, 0.2) is 41.3 Å². The second-order valence-corrected chi connectivity index (χ2v) is 5.20. The summed E-state index contributed by atoms with van der Waals surface area (Å²) in [6, 6.07) is 7.77. The molecular formula is C16H12F3NS. The quantitative estimate of drug-likeness (QED) is 0.691. The first-order valence-electron chi connectivity index (χ1n) is 6.15. The van der Waals surface area contributed by atoms with Gasteiger partial charge in [-0.3, -0.25) is 0 Å². The number of benzene rings is 2. The Balaban J connectivity index is 2.15. The zero-order valence-corrected chi connectivity index (χ0v) is 11.8. The van der Waals surface area contributed by atoms with Crippen molar-refractivity contribution in [3.63, 3.8) is 0 Å². The topological polar surface area (TPSA) is 26.0 Å². The van der Waals surface area contributed by atoms with Crippen LogP contribution in [0, 0.1) is 29.3 Å². The van der Waals surface area contributed by atoms with Crippen molar-refractivity contribution in [1.29, 1.82) is 0 Å². The zero-order valence-electron chi connectivity index (χ0n) is 11.0. The highest BCUT2D eigenvalue weighted by Gasteiger charge is 2.06. The maximum absolute atomic E-state index is 13.5. The van der Waals surface area contributed by atoms with Gasteiger partial charge in [0.15, 0.2) is 0 Å². The van der Waals surface area contributed by atoms with Crippen LogP contribution in [0.25, 0.3) is 0 Å². The first-order chi connectivity index (χ1) is 10.1. The fourth-order valence-corrected chi connectivity index (χ4v) is 2.56. The average molecular weight is 307 g/mol. The van der Waals surface area contributed by atoms with Crippen molar-refractivity contribution in [2.24, 2.45) is 5.73 Å². The van der Waals surface area contributed by atoms with E-state index in [1.165, 1.54) is 6.07 Å². The Morgan fingerprint density at radius 1 is 1.00 bits per heavy atom. The molecule has 0 aliphatic rings. The molecule has 0 aliphatic heterocycles. The molecule has 2 aromatic rings. The smallest absolute Gasteiger partial charge is 0.138 e. The maximum atomic E-state index is 13.5. The highest BCUT2D eigenvalue weighted by molar-refractivity contribution is 7.98. The fourth-order valence-electron chi connectivity index (χ4n) is 1.65. The summed E-state index contributed by atoms with van der Waals surface area (Å²) in [5.41, 5.74) is 6.27. The zero-order chi connectivity index (χ0) is 15.2. The lowest BCUT2D eigenvalue weighted by molar-refractivity contribution is 0.577. The van der Waals surface area contributed by atoms with Gasteiger partial charge in [-0.1, -0.05) is 17.9 Å². The van der Waals surface area contributed by atoms with E-state index in [4.69, 9.17) is 5.73 Å². The summed E-state index contributed by atoms with van der Waals surface area (Å²) in [7, 11) is 0. The van der Waals surface area contributed by atoms with Crippen LogP contribution in [0.3, 0.4) is 0 Å². The summed E-state index contributed by atoms with van der Waals surface area (Å²) in [4.78, 5) is 0.217. The largest absolute Gasteiger partial charge is 0.320 e. The van der Waals surface area contributed by atoms with Gasteiger partial charge in [-0.25, -0.2) is 13.2 Å². The Morgan fingerprint density at radius 2 is 1.76 bits per heavy atom. The Labute approximate surface area is 125 Å². The van der Waals surface area contributed by atoms with Crippen molar-refractivity contribution < 1.29 is 13.2 Å². The Bertz CT molecular complexity index is 704. The molecule has 2 rings (SSSR count). The van der Waals surface area contributed by atoms with Crippen LogP contribution in [-0.4, -0.2) is 6.54 Å². The van der Waals surface area contributed by atoms with E-state index in [0.717, 1.165) is 35.5 Å². The van der Waals surface area contributed by atoms with Gasteiger partial charge in [-0.2, -0.15) is 0 Å². The first-order valence-corrected chi connectivity index (χ1v) is 7.14. The van der Waals surface area contributed by atoms with Crippen LogP contribution in [0.5, 0.6) is 0 Å². The molecule has 1 nitrogen and oxygen atoms in total. The van der Waals surface area contributed by atoms with E-state index < -0.39 is 17.5 Å². The van der Waals surface area contributed by atoms with E-state index in [2.05, 4.69) is 11.8 Å². The van der Waals surface area contributed by atoms with Gasteiger partial charge in [-0.15, -0.1) is 11.8 Å². The van der Waals surface area contributed by atoms with Crippen LogP contribution in [0.4, 0.5) is 13.2 Å². The SMILES string of the molecule is NCC#Cc1cc(CSc2cc(F)ccc2F)ccc1F. The highest BCUT2D eigenvalue weighted by atomic mass is 32.2. The minimum absolute atomic E-state index is 0.146. The minimum Gasteiger partial charge on any atom is -0.320 e. The molecule has 5 heteroatoms. The van der Waals surface area contributed by atoms with E-state index >= 15 is 0 Å². The van der Waals surface area contributed by atoms with Crippen LogP contribution in [0.1, 0.15) is 11.1 Å². The normalized spacial score (nSPS) is 10.1. The van der Waals surface area contributed by atoms with Gasteiger partial charge in [0.2, 0.25) is 0 Å². The second kappa shape index (κ2) is 7.21. The summed E-state index contributed by atoms with van der Waals surface area (Å²) in [6.45, 7) is 0.146. The molecule has 0 amide bonds. The molecule has 0 saturated carbocycles. The lowest BCUT2D eigenvalue weighted by atomic mass is 10.1. The molecule has 0 radical (unpaired) electrons. The van der Waals surface area contributed by atoms with E-state index in [0.29, 0.717) is 5.75 Å². The molecule has 0 unspecified atom stereocenters. The molecule has 2 aromatic carbocycles. The van der Waals surface area contributed by atoms with Crippen LogP contribution < -0.4 is 5.73 Å². The van der Waals surface area contributed by atoms with Crippen LogP contribution >= 0.6 is 11.8 Å². The molecule has 108 valence electrons. The summed E-state index contributed by atoms with van der Waals surface area (Å²) in [6.07, 6.45) is 0. The van der Waals surface area contributed by atoms with Crippen molar-refractivity contribution in [1.82, 2.24) is 0 Å². The Morgan fingerprint density at radius 3 is 2.52 bits per heavy atom. The molecule has 0 heterocycles. The minimum atomic E-state index is -0.493. The van der Waals surface area contributed by atoms with Gasteiger partial charge in [0.25, 0.3) is 0 Å². The first kappa shape index (κ1) is 15.5. The van der Waals surface area contributed by atoms with Gasteiger partial charge in [0.1, 0.15) is 17.5 Å². The standard InChI is InChI=1S/C16H12F3NS/c17-13-4-6-15(19)16(9-13)21-10-11-3-5-14(18)12(8-11)2-1-7-20/h3-6,8-9H,7,10,20H2. The molecule has 0 atom stereocenters. The predicted molar refractivity (Wildman–Crippen MR) is 78.3 cm³/mol. The molecule has 21 heavy (non-hydrogen) atoms. The van der Waals surface area contributed by atoms with Crippen molar-refractivity contribution in [3.05, 3.63) is 65.0 Å². The van der Waals surface area contributed by atoms with Gasteiger partial charge < -0.3 is 5.73 Å². The third-order valence-corrected chi connectivity index (χ3v) is 3.75. The maximum Gasteiger partial charge on any atom is 0.138 e. The Kier molecular flexibility index (Phi) is 5.32. The molecular weight excluding hydrogens is 295 g/mol. The number of nitrogens with two attached hydrogens (primary N) is 1. The van der Waals surface area contributed by atoms with Gasteiger partial charge in [-0.05, 0) is 35.9 Å². The predicted octanol–water partition coefficient (Wildman–Crippen LogP) is 3.71. The summed E-state index contributed by atoms with van der Waals surface area (Å²) in [5, 5.41) is 0. The average Bonchev–Trinajstić information content (AvgIpc) is 2.48. The number of hydrogen-bond acceptors (Lipinski definition) is 2.